The lowest BCUT2D eigenvalue weighted by Crippen LogP contribution is -2.32. The number of rotatable bonds is 2. The minimum absolute atomic E-state index is 0.0272. The summed E-state index contributed by atoms with van der Waals surface area (Å²) in [5.74, 6) is -2.96. The van der Waals surface area contributed by atoms with Gasteiger partial charge in [0.1, 0.15) is 11.6 Å². The summed E-state index contributed by atoms with van der Waals surface area (Å²) in [4.78, 5) is 0. The Hall–Kier alpha value is -1.17. The largest absolute Gasteiger partial charge is 0.419 e. The van der Waals surface area contributed by atoms with Crippen molar-refractivity contribution < 1.29 is 27.1 Å². The second kappa shape index (κ2) is 6.73. The first kappa shape index (κ1) is 17.9. The summed E-state index contributed by atoms with van der Waals surface area (Å²) in [5, 5.41) is 9.17. The molecule has 1 N–H and O–H groups in total. The third-order valence-electron chi connectivity index (χ3n) is 3.74. The van der Waals surface area contributed by atoms with Crippen LogP contribution in [-0.4, -0.2) is 11.2 Å². The van der Waals surface area contributed by atoms with E-state index in [2.05, 4.69) is 0 Å². The Morgan fingerprint density at radius 2 is 1.62 bits per heavy atom. The van der Waals surface area contributed by atoms with Gasteiger partial charge in [-0.2, -0.15) is 13.2 Å². The van der Waals surface area contributed by atoms with E-state index < -0.39 is 35.4 Å². The van der Waals surface area contributed by atoms with Gasteiger partial charge in [0.05, 0.1) is 11.7 Å². The minimum Gasteiger partial charge on any atom is -0.393 e. The summed E-state index contributed by atoms with van der Waals surface area (Å²) < 4.78 is 64.3. The average Bonchev–Trinajstić information content (AvgIpc) is 2.37. The van der Waals surface area contributed by atoms with Crippen LogP contribution in [0.15, 0.2) is 12.1 Å². The van der Waals surface area contributed by atoms with Crippen molar-refractivity contribution in [3.05, 3.63) is 34.9 Å². The standard InChI is InChI=1S/C13H13F5O.C2H6/c1-6(7-2-8(19)3-7)9-4-12(15)10(5-11(9)14)13(16,17)18;1-2/h4-8,19H,2-3H2,1H3;1-2H3. The second-order valence-electron chi connectivity index (χ2n) is 5.03. The number of halogens is 5. The Balaban J connectivity index is 0.00000106. The van der Waals surface area contributed by atoms with Crippen molar-refractivity contribution in [3.63, 3.8) is 0 Å². The molecule has 120 valence electrons. The highest BCUT2D eigenvalue weighted by Crippen LogP contribution is 2.41. The van der Waals surface area contributed by atoms with Crippen LogP contribution >= 0.6 is 0 Å². The maximum Gasteiger partial charge on any atom is 0.419 e. The van der Waals surface area contributed by atoms with E-state index in [1.54, 1.807) is 6.92 Å². The van der Waals surface area contributed by atoms with Gasteiger partial charge in [-0.3, -0.25) is 0 Å². The van der Waals surface area contributed by atoms with Gasteiger partial charge in [0, 0.05) is 0 Å². The summed E-state index contributed by atoms with van der Waals surface area (Å²) in [7, 11) is 0. The summed E-state index contributed by atoms with van der Waals surface area (Å²) in [6.07, 6.45) is -4.43. The Morgan fingerprint density at radius 1 is 1.10 bits per heavy atom. The van der Waals surface area contributed by atoms with E-state index in [1.165, 1.54) is 0 Å². The minimum atomic E-state index is -4.90. The number of alkyl halides is 3. The summed E-state index contributed by atoms with van der Waals surface area (Å²) in [5.41, 5.74) is -1.66. The van der Waals surface area contributed by atoms with Crippen LogP contribution in [0.1, 0.15) is 50.7 Å². The SMILES string of the molecule is CC.CC(c1cc(F)c(C(F)(F)F)cc1F)C1CC(O)C1. The molecular weight excluding hydrogens is 291 g/mol. The molecule has 0 heterocycles. The number of aliphatic hydroxyl groups excluding tert-OH is 1. The molecule has 1 atom stereocenters. The molecular formula is C15H19F5O. The third-order valence-corrected chi connectivity index (χ3v) is 3.74. The lowest BCUT2D eigenvalue weighted by molar-refractivity contribution is -0.140. The highest BCUT2D eigenvalue weighted by atomic mass is 19.4. The van der Waals surface area contributed by atoms with Gasteiger partial charge in [-0.05, 0) is 42.4 Å². The number of hydrogen-bond acceptors (Lipinski definition) is 1. The molecule has 0 amide bonds. The van der Waals surface area contributed by atoms with E-state index in [-0.39, 0.29) is 17.5 Å². The van der Waals surface area contributed by atoms with Crippen LogP contribution in [0.25, 0.3) is 0 Å². The third kappa shape index (κ3) is 3.93. The average molecular weight is 310 g/mol. The summed E-state index contributed by atoms with van der Waals surface area (Å²) in [6.45, 7) is 5.63. The van der Waals surface area contributed by atoms with E-state index in [1.807, 2.05) is 13.8 Å². The molecule has 21 heavy (non-hydrogen) atoms. The molecule has 1 unspecified atom stereocenters. The number of aliphatic hydroxyl groups is 1. The Kier molecular flexibility index (Phi) is 5.73. The smallest absolute Gasteiger partial charge is 0.393 e. The highest BCUT2D eigenvalue weighted by molar-refractivity contribution is 5.31. The van der Waals surface area contributed by atoms with Crippen molar-refractivity contribution in [2.24, 2.45) is 5.92 Å². The predicted octanol–water partition coefficient (Wildman–Crippen LogP) is 4.88. The Labute approximate surface area is 120 Å². The Morgan fingerprint density at radius 3 is 2.05 bits per heavy atom. The molecule has 0 radical (unpaired) electrons. The van der Waals surface area contributed by atoms with E-state index in [9.17, 15) is 27.1 Å². The van der Waals surface area contributed by atoms with Gasteiger partial charge in [-0.15, -0.1) is 0 Å². The molecule has 1 aliphatic rings. The molecule has 1 aliphatic carbocycles. The fourth-order valence-electron chi connectivity index (χ4n) is 2.42. The van der Waals surface area contributed by atoms with Crippen molar-refractivity contribution in [3.8, 4) is 0 Å². The second-order valence-corrected chi connectivity index (χ2v) is 5.03. The van der Waals surface area contributed by atoms with Crippen molar-refractivity contribution in [2.75, 3.05) is 0 Å². The van der Waals surface area contributed by atoms with Gasteiger partial charge in [0.25, 0.3) is 0 Å². The van der Waals surface area contributed by atoms with E-state index >= 15 is 0 Å². The van der Waals surface area contributed by atoms with Gasteiger partial charge in [0.2, 0.25) is 0 Å². The lowest BCUT2D eigenvalue weighted by atomic mass is 9.72. The maximum atomic E-state index is 13.7. The Bertz CT molecular complexity index is 478. The molecule has 1 nitrogen and oxygen atoms in total. The van der Waals surface area contributed by atoms with Crippen LogP contribution in [0.4, 0.5) is 22.0 Å². The quantitative estimate of drug-likeness (QED) is 0.772. The van der Waals surface area contributed by atoms with Gasteiger partial charge >= 0.3 is 6.18 Å². The van der Waals surface area contributed by atoms with E-state index in [0.29, 0.717) is 18.9 Å². The van der Waals surface area contributed by atoms with Crippen LogP contribution in [0, 0.1) is 17.6 Å². The highest BCUT2D eigenvalue weighted by Gasteiger charge is 2.37. The molecule has 0 aliphatic heterocycles. The van der Waals surface area contributed by atoms with Crippen LogP contribution < -0.4 is 0 Å². The van der Waals surface area contributed by atoms with E-state index in [4.69, 9.17) is 0 Å². The van der Waals surface area contributed by atoms with E-state index in [0.717, 1.165) is 0 Å². The monoisotopic (exact) mass is 310 g/mol. The molecule has 1 fully saturated rings. The first-order valence-corrected chi connectivity index (χ1v) is 6.94. The fraction of sp³-hybridized carbons (Fsp3) is 0.600. The molecule has 2 rings (SSSR count). The topological polar surface area (TPSA) is 20.2 Å². The summed E-state index contributed by atoms with van der Waals surface area (Å²) >= 11 is 0. The zero-order valence-corrected chi connectivity index (χ0v) is 12.1. The first-order valence-electron chi connectivity index (χ1n) is 6.94. The fourth-order valence-corrected chi connectivity index (χ4v) is 2.42. The molecule has 1 aromatic carbocycles. The molecule has 0 aromatic heterocycles. The molecule has 0 bridgehead atoms. The first-order chi connectivity index (χ1) is 9.70. The van der Waals surface area contributed by atoms with Gasteiger partial charge in [0.15, 0.2) is 0 Å². The lowest BCUT2D eigenvalue weighted by Gasteiger charge is -2.36. The van der Waals surface area contributed by atoms with Gasteiger partial charge in [-0.25, -0.2) is 8.78 Å². The number of hydrogen-bond donors (Lipinski definition) is 1. The van der Waals surface area contributed by atoms with Crippen LogP contribution in [-0.2, 0) is 6.18 Å². The van der Waals surface area contributed by atoms with Crippen LogP contribution in [0.2, 0.25) is 0 Å². The van der Waals surface area contributed by atoms with Gasteiger partial charge < -0.3 is 5.11 Å². The van der Waals surface area contributed by atoms with Crippen molar-refractivity contribution in [1.82, 2.24) is 0 Å². The van der Waals surface area contributed by atoms with Crippen LogP contribution in [0.3, 0.4) is 0 Å². The molecule has 6 heteroatoms. The molecule has 1 aromatic rings. The van der Waals surface area contributed by atoms with Gasteiger partial charge in [-0.1, -0.05) is 20.8 Å². The number of benzene rings is 1. The maximum absolute atomic E-state index is 13.7. The summed E-state index contributed by atoms with van der Waals surface area (Å²) in [6, 6.07) is 0.823. The van der Waals surface area contributed by atoms with Crippen molar-refractivity contribution >= 4 is 0 Å². The zero-order valence-electron chi connectivity index (χ0n) is 12.1. The normalized spacial score (nSPS) is 22.9. The molecule has 0 spiro atoms. The molecule has 0 saturated heterocycles. The van der Waals surface area contributed by atoms with Crippen molar-refractivity contribution in [2.45, 2.75) is 51.8 Å². The molecule has 1 saturated carbocycles. The predicted molar refractivity (Wildman–Crippen MR) is 69.9 cm³/mol. The van der Waals surface area contributed by atoms with Crippen LogP contribution in [0.5, 0.6) is 0 Å². The van der Waals surface area contributed by atoms with Crippen molar-refractivity contribution in [1.29, 1.82) is 0 Å². The zero-order chi connectivity index (χ0) is 16.4.